The van der Waals surface area contributed by atoms with Gasteiger partial charge in [0.25, 0.3) is 10.0 Å². The van der Waals surface area contributed by atoms with Crippen LogP contribution in [0.15, 0.2) is 102 Å². The topological polar surface area (TPSA) is 97.9 Å². The van der Waals surface area contributed by atoms with Gasteiger partial charge in [0.15, 0.2) is 5.11 Å². The lowest BCUT2D eigenvalue weighted by Gasteiger charge is -2.16. The quantitative estimate of drug-likeness (QED) is 0.221. The van der Waals surface area contributed by atoms with Crippen LogP contribution in [0, 0.1) is 0 Å². The van der Waals surface area contributed by atoms with Gasteiger partial charge in [-0.1, -0.05) is 30.3 Å². The molecule has 190 valence electrons. The van der Waals surface area contributed by atoms with Crippen molar-refractivity contribution in [1.82, 2.24) is 0 Å². The maximum atomic E-state index is 13.0. The minimum atomic E-state index is -3.90. The Balaban J connectivity index is 1.42. The summed E-state index contributed by atoms with van der Waals surface area (Å²) in [5, 5.41) is 6.43. The molecule has 0 radical (unpaired) electrons. The average Bonchev–Trinajstić information content (AvgIpc) is 2.90. The number of anilines is 3. The van der Waals surface area contributed by atoms with Gasteiger partial charge in [0.1, 0.15) is 23.0 Å². The Bertz CT molecular complexity index is 1480. The number of sulfonamides is 1. The molecule has 0 saturated heterocycles. The van der Waals surface area contributed by atoms with Gasteiger partial charge in [-0.2, -0.15) is 0 Å². The SMILES string of the molecule is COc1cc(S(=O)(=O)Nc2ccccc2OC)ccc1NC(=S)Nc1ccc(Oc2ccccc2)cc1. The summed E-state index contributed by atoms with van der Waals surface area (Å²) in [4.78, 5) is 0.0219. The fourth-order valence-electron chi connectivity index (χ4n) is 3.39. The van der Waals surface area contributed by atoms with Crippen molar-refractivity contribution in [3.05, 3.63) is 97.1 Å². The van der Waals surface area contributed by atoms with Crippen LogP contribution in [-0.4, -0.2) is 27.7 Å². The molecule has 0 fully saturated rings. The van der Waals surface area contributed by atoms with E-state index in [1.165, 1.54) is 26.4 Å². The Labute approximate surface area is 221 Å². The Morgan fingerprint density at radius 1 is 0.703 bits per heavy atom. The zero-order valence-electron chi connectivity index (χ0n) is 20.1. The first-order chi connectivity index (χ1) is 17.9. The molecule has 0 aromatic heterocycles. The summed E-state index contributed by atoms with van der Waals surface area (Å²) in [6.45, 7) is 0. The van der Waals surface area contributed by atoms with E-state index in [1.54, 1.807) is 30.3 Å². The van der Waals surface area contributed by atoms with Crippen LogP contribution in [0.3, 0.4) is 0 Å². The van der Waals surface area contributed by atoms with Gasteiger partial charge in [0.2, 0.25) is 0 Å². The van der Waals surface area contributed by atoms with Crippen molar-refractivity contribution in [2.24, 2.45) is 0 Å². The summed E-state index contributed by atoms with van der Waals surface area (Å²) in [5.41, 5.74) is 1.58. The first-order valence-corrected chi connectivity index (χ1v) is 13.0. The van der Waals surface area contributed by atoms with Gasteiger partial charge in [-0.15, -0.1) is 0 Å². The van der Waals surface area contributed by atoms with E-state index in [0.29, 0.717) is 33.7 Å². The van der Waals surface area contributed by atoms with E-state index in [-0.39, 0.29) is 4.90 Å². The number of hydrogen-bond acceptors (Lipinski definition) is 6. The largest absolute Gasteiger partial charge is 0.495 e. The zero-order chi connectivity index (χ0) is 26.3. The molecule has 10 heteroatoms. The van der Waals surface area contributed by atoms with E-state index in [2.05, 4.69) is 15.4 Å². The lowest BCUT2D eigenvalue weighted by atomic mass is 10.3. The summed E-state index contributed by atoms with van der Waals surface area (Å²) < 4.78 is 44.9. The smallest absolute Gasteiger partial charge is 0.262 e. The third-order valence-electron chi connectivity index (χ3n) is 5.17. The summed E-state index contributed by atoms with van der Waals surface area (Å²) in [7, 11) is -0.974. The van der Waals surface area contributed by atoms with E-state index in [9.17, 15) is 8.42 Å². The standard InChI is InChI=1S/C27H25N3O5S2/c1-33-25-11-7-6-10-24(25)30-37(31,32)22-16-17-23(26(18-22)34-2)29-27(36)28-19-12-14-21(15-13-19)35-20-8-4-3-5-9-20/h3-18,30H,1-2H3,(H2,28,29,36). The highest BCUT2D eigenvalue weighted by Gasteiger charge is 2.19. The zero-order valence-corrected chi connectivity index (χ0v) is 21.7. The highest BCUT2D eigenvalue weighted by atomic mass is 32.2. The molecule has 8 nitrogen and oxygen atoms in total. The Morgan fingerprint density at radius 3 is 2.05 bits per heavy atom. The number of benzene rings is 4. The lowest BCUT2D eigenvalue weighted by molar-refractivity contribution is 0.415. The molecule has 4 aromatic carbocycles. The predicted octanol–water partition coefficient (Wildman–Crippen LogP) is 6.11. The van der Waals surface area contributed by atoms with Gasteiger partial charge in [-0.25, -0.2) is 8.42 Å². The average molecular weight is 536 g/mol. The monoisotopic (exact) mass is 535 g/mol. The summed E-state index contributed by atoms with van der Waals surface area (Å²) in [6.07, 6.45) is 0. The van der Waals surface area contributed by atoms with Crippen molar-refractivity contribution in [2.45, 2.75) is 4.90 Å². The molecule has 0 unspecified atom stereocenters. The molecule has 0 aliphatic rings. The highest BCUT2D eigenvalue weighted by Crippen LogP contribution is 2.31. The van der Waals surface area contributed by atoms with Crippen molar-refractivity contribution >= 4 is 44.4 Å². The normalized spacial score (nSPS) is 10.8. The molecular formula is C27H25N3O5S2. The van der Waals surface area contributed by atoms with Gasteiger partial charge >= 0.3 is 0 Å². The molecule has 0 amide bonds. The third kappa shape index (κ3) is 6.69. The minimum absolute atomic E-state index is 0.0219. The van der Waals surface area contributed by atoms with E-state index in [4.69, 9.17) is 26.4 Å². The summed E-state index contributed by atoms with van der Waals surface area (Å²) in [6, 6.07) is 28.0. The molecule has 37 heavy (non-hydrogen) atoms. The second kappa shape index (κ2) is 11.6. The molecule has 0 spiro atoms. The Hall–Kier alpha value is -4.28. The van der Waals surface area contributed by atoms with Gasteiger partial charge in [0, 0.05) is 11.8 Å². The van der Waals surface area contributed by atoms with Crippen molar-refractivity contribution in [3.63, 3.8) is 0 Å². The maximum absolute atomic E-state index is 13.0. The number of methoxy groups -OCH3 is 2. The molecule has 0 heterocycles. The van der Waals surface area contributed by atoms with Crippen LogP contribution in [0.1, 0.15) is 0 Å². The molecule has 4 rings (SSSR count). The van der Waals surface area contributed by atoms with Gasteiger partial charge in [-0.05, 0) is 72.9 Å². The van der Waals surface area contributed by atoms with Crippen LogP contribution in [0.5, 0.6) is 23.0 Å². The molecular weight excluding hydrogens is 510 g/mol. The van der Waals surface area contributed by atoms with E-state index < -0.39 is 10.0 Å². The van der Waals surface area contributed by atoms with Crippen LogP contribution in [-0.2, 0) is 10.0 Å². The number of ether oxygens (including phenoxy) is 3. The van der Waals surface area contributed by atoms with Crippen LogP contribution >= 0.6 is 12.2 Å². The van der Waals surface area contributed by atoms with Crippen molar-refractivity contribution in [3.8, 4) is 23.0 Å². The molecule has 0 aliphatic heterocycles. The van der Waals surface area contributed by atoms with Crippen LogP contribution in [0.4, 0.5) is 17.1 Å². The number of hydrogen-bond donors (Lipinski definition) is 3. The van der Waals surface area contributed by atoms with Gasteiger partial charge in [-0.3, -0.25) is 4.72 Å². The molecule has 4 aromatic rings. The second-order valence-electron chi connectivity index (χ2n) is 7.69. The molecule has 3 N–H and O–H groups in total. The molecule has 0 aliphatic carbocycles. The van der Waals surface area contributed by atoms with E-state index in [0.717, 1.165) is 11.4 Å². The maximum Gasteiger partial charge on any atom is 0.262 e. The van der Waals surface area contributed by atoms with E-state index in [1.807, 2.05) is 54.6 Å². The van der Waals surface area contributed by atoms with Crippen LogP contribution in [0.25, 0.3) is 0 Å². The molecule has 0 atom stereocenters. The number of rotatable bonds is 9. The Morgan fingerprint density at radius 2 is 1.35 bits per heavy atom. The fourth-order valence-corrected chi connectivity index (χ4v) is 4.70. The van der Waals surface area contributed by atoms with Gasteiger partial charge in [0.05, 0.1) is 30.5 Å². The summed E-state index contributed by atoms with van der Waals surface area (Å²) in [5.74, 6) is 2.15. The first kappa shape index (κ1) is 25.8. The number of thiocarbonyl (C=S) groups is 1. The van der Waals surface area contributed by atoms with Crippen LogP contribution in [0.2, 0.25) is 0 Å². The predicted molar refractivity (Wildman–Crippen MR) is 150 cm³/mol. The molecule has 0 saturated carbocycles. The number of para-hydroxylation sites is 3. The Kier molecular flexibility index (Phi) is 8.11. The minimum Gasteiger partial charge on any atom is -0.495 e. The summed E-state index contributed by atoms with van der Waals surface area (Å²) >= 11 is 5.43. The van der Waals surface area contributed by atoms with E-state index >= 15 is 0 Å². The molecule has 0 bridgehead atoms. The third-order valence-corrected chi connectivity index (χ3v) is 6.74. The van der Waals surface area contributed by atoms with Crippen LogP contribution < -0.4 is 29.6 Å². The second-order valence-corrected chi connectivity index (χ2v) is 9.78. The van der Waals surface area contributed by atoms with Gasteiger partial charge < -0.3 is 24.8 Å². The fraction of sp³-hybridized carbons (Fsp3) is 0.0741. The first-order valence-electron chi connectivity index (χ1n) is 11.1. The highest BCUT2D eigenvalue weighted by molar-refractivity contribution is 7.92. The lowest BCUT2D eigenvalue weighted by Crippen LogP contribution is -2.20. The number of nitrogens with one attached hydrogen (secondary N) is 3. The van der Waals surface area contributed by atoms with Crippen molar-refractivity contribution in [1.29, 1.82) is 0 Å². The van der Waals surface area contributed by atoms with Crippen molar-refractivity contribution in [2.75, 3.05) is 29.6 Å². The van der Waals surface area contributed by atoms with Crippen molar-refractivity contribution < 1.29 is 22.6 Å².